The van der Waals surface area contributed by atoms with Crippen molar-refractivity contribution in [3.05, 3.63) is 35.5 Å². The lowest BCUT2D eigenvalue weighted by Gasteiger charge is -2.08. The number of fused-ring (bicyclic) bond motifs is 1. The molecule has 0 aliphatic heterocycles. The predicted molar refractivity (Wildman–Crippen MR) is 64.4 cm³/mol. The van der Waals surface area contributed by atoms with Crippen molar-refractivity contribution in [3.63, 3.8) is 0 Å². The van der Waals surface area contributed by atoms with E-state index in [0.29, 0.717) is 17.0 Å². The highest BCUT2D eigenvalue weighted by Crippen LogP contribution is 2.26. The van der Waals surface area contributed by atoms with Gasteiger partial charge in [-0.25, -0.2) is 9.78 Å². The molecule has 0 unspecified atom stereocenters. The van der Waals surface area contributed by atoms with E-state index >= 15 is 0 Å². The fourth-order valence-corrected chi connectivity index (χ4v) is 1.77. The Labute approximate surface area is 99.2 Å². The van der Waals surface area contributed by atoms with Crippen molar-refractivity contribution in [2.75, 3.05) is 14.2 Å². The summed E-state index contributed by atoms with van der Waals surface area (Å²) in [5.74, 6) is 0.206. The predicted octanol–water partition coefficient (Wildman–Crippen LogP) is 2.34. The lowest BCUT2D eigenvalue weighted by molar-refractivity contribution is 0.0594. The minimum Gasteiger partial charge on any atom is -0.494 e. The zero-order valence-corrected chi connectivity index (χ0v) is 9.98. The minimum absolute atomic E-state index is 0.294. The molecular weight excluding hydrogens is 218 g/mol. The summed E-state index contributed by atoms with van der Waals surface area (Å²) >= 11 is 0. The summed E-state index contributed by atoms with van der Waals surface area (Å²) in [6, 6.07) is 7.37. The monoisotopic (exact) mass is 231 g/mol. The molecule has 2 rings (SSSR count). The van der Waals surface area contributed by atoms with Crippen LogP contribution in [0.1, 0.15) is 16.1 Å². The highest BCUT2D eigenvalue weighted by molar-refractivity contribution is 5.94. The van der Waals surface area contributed by atoms with Gasteiger partial charge < -0.3 is 9.47 Å². The standard InChI is InChI=1S/C13H13NO3/c1-8-7-10(13(15)17-3)14-12-9(8)5-4-6-11(12)16-2/h4-7H,1-3H3. The molecule has 2 aromatic rings. The van der Waals surface area contributed by atoms with E-state index in [1.807, 2.05) is 25.1 Å². The number of methoxy groups -OCH3 is 2. The van der Waals surface area contributed by atoms with Crippen LogP contribution in [0.4, 0.5) is 0 Å². The Kier molecular flexibility index (Phi) is 2.95. The van der Waals surface area contributed by atoms with Crippen LogP contribution >= 0.6 is 0 Å². The normalized spacial score (nSPS) is 10.3. The van der Waals surface area contributed by atoms with E-state index in [2.05, 4.69) is 9.72 Å². The average molecular weight is 231 g/mol. The molecule has 0 fully saturated rings. The molecule has 0 bridgehead atoms. The van der Waals surface area contributed by atoms with Crippen molar-refractivity contribution in [1.82, 2.24) is 4.98 Å². The van der Waals surface area contributed by atoms with Crippen LogP contribution in [0.25, 0.3) is 10.9 Å². The summed E-state index contributed by atoms with van der Waals surface area (Å²) in [5, 5.41) is 0.969. The summed E-state index contributed by atoms with van der Waals surface area (Å²) in [7, 11) is 2.92. The van der Waals surface area contributed by atoms with Crippen LogP contribution in [0.15, 0.2) is 24.3 Å². The summed E-state index contributed by atoms with van der Waals surface area (Å²) in [6.07, 6.45) is 0. The first kappa shape index (κ1) is 11.4. The average Bonchev–Trinajstić information content (AvgIpc) is 2.37. The second-order valence-corrected chi connectivity index (χ2v) is 3.67. The van der Waals surface area contributed by atoms with E-state index in [-0.39, 0.29) is 0 Å². The first-order valence-corrected chi connectivity index (χ1v) is 5.20. The number of pyridine rings is 1. The van der Waals surface area contributed by atoms with Gasteiger partial charge in [-0.1, -0.05) is 12.1 Å². The second-order valence-electron chi connectivity index (χ2n) is 3.67. The second kappa shape index (κ2) is 4.41. The van der Waals surface area contributed by atoms with Crippen LogP contribution in [0.2, 0.25) is 0 Å². The number of hydrogen-bond acceptors (Lipinski definition) is 4. The van der Waals surface area contributed by atoms with Crippen molar-refractivity contribution in [2.45, 2.75) is 6.92 Å². The molecule has 1 aromatic carbocycles. The van der Waals surface area contributed by atoms with Gasteiger partial charge >= 0.3 is 5.97 Å². The molecule has 0 amide bonds. The molecule has 1 aromatic heterocycles. The van der Waals surface area contributed by atoms with Crippen LogP contribution in [0.5, 0.6) is 5.75 Å². The van der Waals surface area contributed by atoms with Gasteiger partial charge in [-0.15, -0.1) is 0 Å². The van der Waals surface area contributed by atoms with Crippen LogP contribution in [-0.2, 0) is 4.74 Å². The molecule has 0 spiro atoms. The largest absolute Gasteiger partial charge is 0.494 e. The molecule has 0 aliphatic carbocycles. The molecule has 0 atom stereocenters. The molecule has 0 N–H and O–H groups in total. The van der Waals surface area contributed by atoms with Gasteiger partial charge in [-0.05, 0) is 24.6 Å². The first-order valence-electron chi connectivity index (χ1n) is 5.20. The minimum atomic E-state index is -0.444. The fraction of sp³-hybridized carbons (Fsp3) is 0.231. The Hall–Kier alpha value is -2.10. The molecular formula is C13H13NO3. The van der Waals surface area contributed by atoms with Crippen molar-refractivity contribution >= 4 is 16.9 Å². The van der Waals surface area contributed by atoms with E-state index in [4.69, 9.17) is 4.74 Å². The molecule has 0 radical (unpaired) electrons. The van der Waals surface area contributed by atoms with E-state index < -0.39 is 5.97 Å². The number of benzene rings is 1. The van der Waals surface area contributed by atoms with Gasteiger partial charge in [0.2, 0.25) is 0 Å². The maximum Gasteiger partial charge on any atom is 0.356 e. The van der Waals surface area contributed by atoms with Gasteiger partial charge in [0.25, 0.3) is 0 Å². The molecule has 0 saturated heterocycles. The quantitative estimate of drug-likeness (QED) is 0.744. The zero-order valence-electron chi connectivity index (χ0n) is 9.98. The lowest BCUT2D eigenvalue weighted by atomic mass is 10.1. The Morgan fingerprint density at radius 3 is 2.71 bits per heavy atom. The number of ether oxygens (including phenoxy) is 2. The number of esters is 1. The summed E-state index contributed by atoms with van der Waals surface area (Å²) < 4.78 is 9.91. The number of aryl methyl sites for hydroxylation is 1. The third-order valence-electron chi connectivity index (χ3n) is 2.62. The van der Waals surface area contributed by atoms with E-state index in [1.54, 1.807) is 13.2 Å². The SMILES string of the molecule is COC(=O)c1cc(C)c2cccc(OC)c2n1. The summed E-state index contributed by atoms with van der Waals surface area (Å²) in [5.41, 5.74) is 1.94. The zero-order chi connectivity index (χ0) is 12.4. The number of carbonyl (C=O) groups excluding carboxylic acids is 1. The van der Waals surface area contributed by atoms with Gasteiger partial charge in [0.15, 0.2) is 0 Å². The third kappa shape index (κ3) is 1.93. The summed E-state index contributed by atoms with van der Waals surface area (Å²) in [4.78, 5) is 15.8. The van der Waals surface area contributed by atoms with Crippen LogP contribution in [0, 0.1) is 6.92 Å². The maximum atomic E-state index is 11.5. The third-order valence-corrected chi connectivity index (χ3v) is 2.62. The van der Waals surface area contributed by atoms with Crippen LogP contribution in [0.3, 0.4) is 0 Å². The summed E-state index contributed by atoms with van der Waals surface area (Å²) in [6.45, 7) is 1.93. The maximum absolute atomic E-state index is 11.5. The highest BCUT2D eigenvalue weighted by Gasteiger charge is 2.12. The molecule has 0 aliphatic rings. The van der Waals surface area contributed by atoms with Gasteiger partial charge in [-0.3, -0.25) is 0 Å². The van der Waals surface area contributed by atoms with E-state index in [9.17, 15) is 4.79 Å². The molecule has 1 heterocycles. The number of carbonyl (C=O) groups is 1. The Morgan fingerprint density at radius 1 is 1.29 bits per heavy atom. The van der Waals surface area contributed by atoms with Crippen LogP contribution < -0.4 is 4.74 Å². The highest BCUT2D eigenvalue weighted by atomic mass is 16.5. The Balaban J connectivity index is 2.74. The molecule has 17 heavy (non-hydrogen) atoms. The smallest absolute Gasteiger partial charge is 0.356 e. The number of nitrogens with zero attached hydrogens (tertiary/aromatic N) is 1. The van der Waals surface area contributed by atoms with E-state index in [0.717, 1.165) is 10.9 Å². The van der Waals surface area contributed by atoms with Crippen molar-refractivity contribution in [3.8, 4) is 5.75 Å². The van der Waals surface area contributed by atoms with Gasteiger partial charge in [0, 0.05) is 5.39 Å². The molecule has 4 nitrogen and oxygen atoms in total. The fourth-order valence-electron chi connectivity index (χ4n) is 1.77. The van der Waals surface area contributed by atoms with Gasteiger partial charge in [0.1, 0.15) is 17.0 Å². The number of rotatable bonds is 2. The van der Waals surface area contributed by atoms with Gasteiger partial charge in [0.05, 0.1) is 14.2 Å². The Bertz CT molecular complexity index is 578. The van der Waals surface area contributed by atoms with Gasteiger partial charge in [-0.2, -0.15) is 0 Å². The number of hydrogen-bond donors (Lipinski definition) is 0. The molecule has 0 saturated carbocycles. The van der Waals surface area contributed by atoms with Crippen molar-refractivity contribution in [2.24, 2.45) is 0 Å². The van der Waals surface area contributed by atoms with Crippen molar-refractivity contribution in [1.29, 1.82) is 0 Å². The van der Waals surface area contributed by atoms with E-state index in [1.165, 1.54) is 7.11 Å². The van der Waals surface area contributed by atoms with Crippen LogP contribution in [-0.4, -0.2) is 25.2 Å². The topological polar surface area (TPSA) is 48.4 Å². The van der Waals surface area contributed by atoms with Crippen molar-refractivity contribution < 1.29 is 14.3 Å². The lowest BCUT2D eigenvalue weighted by Crippen LogP contribution is -2.05. The molecule has 88 valence electrons. The first-order chi connectivity index (χ1) is 8.17. The molecule has 4 heteroatoms. The number of aromatic nitrogens is 1. The number of para-hydroxylation sites is 1. The Morgan fingerprint density at radius 2 is 2.06 bits per heavy atom.